The molecule has 6 aromatic rings. The Balaban J connectivity index is 0.000000151. The van der Waals surface area contributed by atoms with Crippen molar-refractivity contribution in [3.63, 3.8) is 0 Å². The summed E-state index contributed by atoms with van der Waals surface area (Å²) in [7, 11) is 3.94. The Labute approximate surface area is 284 Å². The number of aromatic nitrogens is 4. The highest BCUT2D eigenvalue weighted by molar-refractivity contribution is 14.1. The molecule has 0 N–H and O–H groups in total. The number of nitrogens with zero attached hydrogens (tertiary/aromatic N) is 4. The molecule has 0 saturated heterocycles. The molecule has 4 aromatic carbocycles. The van der Waals surface area contributed by atoms with E-state index in [1.54, 1.807) is 0 Å². The lowest BCUT2D eigenvalue weighted by Gasteiger charge is -2.06. The lowest BCUT2D eigenvalue weighted by molar-refractivity contribution is 0.787. The number of hydrogen-bond donors (Lipinski definition) is 0. The summed E-state index contributed by atoms with van der Waals surface area (Å²) in [6.45, 7) is 7.95. The minimum Gasteiger partial charge on any atom is -0.267 e. The predicted octanol–water partition coefficient (Wildman–Crippen LogP) is 10.1. The van der Waals surface area contributed by atoms with Crippen molar-refractivity contribution in [2.75, 3.05) is 0 Å². The summed E-state index contributed by atoms with van der Waals surface area (Å²) >= 11 is 10.1. The second-order valence-electron chi connectivity index (χ2n) is 8.84. The zero-order chi connectivity index (χ0) is 28.8. The van der Waals surface area contributed by atoms with Crippen molar-refractivity contribution in [3.8, 4) is 0 Å². The van der Waals surface area contributed by atoms with E-state index in [2.05, 4.69) is 156 Å². The van der Waals surface area contributed by atoms with E-state index >= 15 is 0 Å². The predicted molar refractivity (Wildman–Crippen MR) is 199 cm³/mol. The van der Waals surface area contributed by atoms with E-state index in [-0.39, 0.29) is 0 Å². The van der Waals surface area contributed by atoms with Crippen LogP contribution in [-0.2, 0) is 14.1 Å². The van der Waals surface area contributed by atoms with Crippen molar-refractivity contribution in [2.24, 2.45) is 14.1 Å². The van der Waals surface area contributed by atoms with E-state index in [1.165, 1.54) is 19.9 Å². The Kier molecular flexibility index (Phi) is 11.0. The minimum absolute atomic E-state index is 0.933. The van der Waals surface area contributed by atoms with E-state index in [0.717, 1.165) is 39.7 Å². The van der Waals surface area contributed by atoms with Crippen LogP contribution in [0.25, 0.3) is 31.9 Å². The maximum absolute atomic E-state index is 4.44. The SMILES string of the molecule is C=C(Br)c1ccccc1.C=C(c1ccccc1)c1ccc2c(I)nn(C)c2c1.Cn1nc(I)c2ccc(I)cc21. The molecule has 0 bridgehead atoms. The molecule has 2 aromatic heterocycles. The van der Waals surface area contributed by atoms with Crippen LogP contribution in [0.15, 0.2) is 110 Å². The zero-order valence-corrected chi connectivity index (χ0v) is 30.0. The van der Waals surface area contributed by atoms with Gasteiger partial charge in [-0.25, -0.2) is 0 Å². The van der Waals surface area contributed by atoms with Crippen molar-refractivity contribution in [3.05, 3.63) is 138 Å². The van der Waals surface area contributed by atoms with Crippen LogP contribution >= 0.6 is 83.7 Å². The molecular formula is C32H26BrI3N4. The third-order valence-corrected chi connectivity index (χ3v) is 8.86. The second-order valence-corrected chi connectivity index (χ2v) is 13.1. The molecule has 6 rings (SSSR count). The molecule has 8 heteroatoms. The summed E-state index contributed by atoms with van der Waals surface area (Å²) in [6, 6.07) is 33.0. The van der Waals surface area contributed by atoms with Crippen LogP contribution in [0.2, 0.25) is 0 Å². The Morgan fingerprint density at radius 1 is 0.625 bits per heavy atom. The first-order chi connectivity index (χ1) is 19.2. The summed E-state index contributed by atoms with van der Waals surface area (Å²) in [4.78, 5) is 0. The standard InChI is InChI=1S/C16H13IN2.C8H7Br.C8H6I2N2/c1-11(12-6-4-3-5-7-12)13-8-9-14-15(10-13)19(2)18-16(14)17;1-7(9)8-5-3-2-4-6-8;1-12-7-4-5(9)2-3-6(7)8(10)11-12/h3-10H,1H2,2H3;2-6H,1H2;2-4H,1H3. The summed E-state index contributed by atoms with van der Waals surface area (Å²) in [6.07, 6.45) is 0. The molecular weight excluding hydrogens is 901 g/mol. The molecule has 0 aliphatic heterocycles. The van der Waals surface area contributed by atoms with Gasteiger partial charge in [-0.15, -0.1) is 0 Å². The highest BCUT2D eigenvalue weighted by Crippen LogP contribution is 2.27. The first kappa shape index (κ1) is 30.9. The number of hydrogen-bond acceptors (Lipinski definition) is 2. The number of aryl methyl sites for hydroxylation is 2. The van der Waals surface area contributed by atoms with Gasteiger partial charge < -0.3 is 0 Å². The topological polar surface area (TPSA) is 35.6 Å². The maximum Gasteiger partial charge on any atom is 0.131 e. The molecule has 0 fully saturated rings. The van der Waals surface area contributed by atoms with Crippen molar-refractivity contribution in [1.29, 1.82) is 0 Å². The van der Waals surface area contributed by atoms with Gasteiger partial charge in [0.05, 0.1) is 11.0 Å². The lowest BCUT2D eigenvalue weighted by Crippen LogP contribution is -1.91. The summed E-state index contributed by atoms with van der Waals surface area (Å²) in [5.41, 5.74) is 6.80. The quantitative estimate of drug-likeness (QED) is 0.166. The van der Waals surface area contributed by atoms with Crippen LogP contribution in [-0.4, -0.2) is 19.6 Å². The van der Waals surface area contributed by atoms with Gasteiger partial charge in [0.15, 0.2) is 0 Å². The Morgan fingerprint density at radius 2 is 1.10 bits per heavy atom. The largest absolute Gasteiger partial charge is 0.267 e. The van der Waals surface area contributed by atoms with Gasteiger partial charge in [-0.2, -0.15) is 10.2 Å². The van der Waals surface area contributed by atoms with Gasteiger partial charge in [0, 0.05) is 32.9 Å². The van der Waals surface area contributed by atoms with Gasteiger partial charge in [-0.05, 0) is 120 Å². The van der Waals surface area contributed by atoms with Crippen molar-refractivity contribution >= 4 is 116 Å². The molecule has 40 heavy (non-hydrogen) atoms. The van der Waals surface area contributed by atoms with Crippen molar-refractivity contribution in [1.82, 2.24) is 19.6 Å². The molecule has 0 saturated carbocycles. The summed E-state index contributed by atoms with van der Waals surface area (Å²) in [5.74, 6) is 0. The molecule has 0 spiro atoms. The monoisotopic (exact) mass is 926 g/mol. The van der Waals surface area contributed by atoms with Gasteiger partial charge in [0.2, 0.25) is 0 Å². The molecule has 0 atom stereocenters. The molecule has 0 unspecified atom stereocenters. The molecule has 202 valence electrons. The number of benzene rings is 4. The molecule has 0 amide bonds. The van der Waals surface area contributed by atoms with E-state index in [4.69, 9.17) is 0 Å². The normalized spacial score (nSPS) is 10.4. The Hall–Kier alpha value is -2.03. The molecule has 0 radical (unpaired) electrons. The van der Waals surface area contributed by atoms with E-state index in [0.29, 0.717) is 0 Å². The molecule has 4 nitrogen and oxygen atoms in total. The van der Waals surface area contributed by atoms with Crippen LogP contribution in [0.1, 0.15) is 16.7 Å². The van der Waals surface area contributed by atoms with E-state index in [1.807, 2.05) is 72.0 Å². The lowest BCUT2D eigenvalue weighted by atomic mass is 9.99. The van der Waals surface area contributed by atoms with Gasteiger partial charge in [-0.1, -0.05) is 95.8 Å². The third kappa shape index (κ3) is 7.62. The molecule has 0 aliphatic rings. The fourth-order valence-electron chi connectivity index (χ4n) is 4.01. The van der Waals surface area contributed by atoms with Crippen LogP contribution < -0.4 is 0 Å². The highest BCUT2D eigenvalue weighted by atomic mass is 127. The second kappa shape index (κ2) is 14.2. The smallest absolute Gasteiger partial charge is 0.131 e. The van der Waals surface area contributed by atoms with Crippen molar-refractivity contribution < 1.29 is 0 Å². The number of halogens is 4. The maximum atomic E-state index is 4.44. The van der Waals surface area contributed by atoms with Gasteiger partial charge in [-0.3, -0.25) is 9.36 Å². The van der Waals surface area contributed by atoms with Crippen molar-refractivity contribution in [2.45, 2.75) is 0 Å². The number of rotatable bonds is 3. The molecule has 2 heterocycles. The van der Waals surface area contributed by atoms with Crippen LogP contribution in [0.4, 0.5) is 0 Å². The van der Waals surface area contributed by atoms with Gasteiger partial charge >= 0.3 is 0 Å². The zero-order valence-electron chi connectivity index (χ0n) is 22.0. The fourth-order valence-corrected chi connectivity index (χ4v) is 6.31. The van der Waals surface area contributed by atoms with Crippen LogP contribution in [0, 0.1) is 11.0 Å². The first-order valence-corrected chi connectivity index (χ1v) is 16.2. The molecule has 0 aliphatic carbocycles. The van der Waals surface area contributed by atoms with Crippen LogP contribution in [0.3, 0.4) is 0 Å². The fraction of sp³-hybridized carbons (Fsp3) is 0.0625. The minimum atomic E-state index is 0.933. The first-order valence-electron chi connectivity index (χ1n) is 12.2. The van der Waals surface area contributed by atoms with Gasteiger partial charge in [0.25, 0.3) is 0 Å². The summed E-state index contributed by atoms with van der Waals surface area (Å²) < 4.78 is 8.12. The number of fused-ring (bicyclic) bond motifs is 2. The highest BCUT2D eigenvalue weighted by Gasteiger charge is 2.09. The van der Waals surface area contributed by atoms with E-state index in [9.17, 15) is 0 Å². The van der Waals surface area contributed by atoms with Gasteiger partial charge in [0.1, 0.15) is 7.40 Å². The Morgan fingerprint density at radius 3 is 1.60 bits per heavy atom. The average Bonchev–Trinajstić information content (AvgIpc) is 3.42. The summed E-state index contributed by atoms with van der Waals surface area (Å²) in [5, 5.41) is 11.2. The Bertz CT molecular complexity index is 1790. The van der Waals surface area contributed by atoms with E-state index < -0.39 is 0 Å². The average molecular weight is 927 g/mol. The third-order valence-electron chi connectivity index (χ3n) is 6.13. The van der Waals surface area contributed by atoms with Crippen LogP contribution in [0.5, 0.6) is 0 Å².